The van der Waals surface area contributed by atoms with Gasteiger partial charge in [-0.25, -0.2) is 4.79 Å². The Morgan fingerprint density at radius 1 is 0.759 bits per heavy atom. The van der Waals surface area contributed by atoms with E-state index >= 15 is 0 Å². The highest BCUT2D eigenvalue weighted by Gasteiger charge is 2.07. The van der Waals surface area contributed by atoms with Crippen LogP contribution in [-0.4, -0.2) is 6.03 Å². The molecule has 0 bridgehead atoms. The number of anilines is 1. The summed E-state index contributed by atoms with van der Waals surface area (Å²) in [5.41, 5.74) is 5.81. The van der Waals surface area contributed by atoms with Crippen LogP contribution in [0, 0.1) is 5.92 Å². The molecule has 0 saturated carbocycles. The number of para-hydroxylation sites is 1. The predicted molar refractivity (Wildman–Crippen MR) is 121 cm³/mol. The van der Waals surface area contributed by atoms with E-state index in [2.05, 4.69) is 54.8 Å². The summed E-state index contributed by atoms with van der Waals surface area (Å²) >= 11 is 0. The summed E-state index contributed by atoms with van der Waals surface area (Å²) in [6, 6.07) is 26.7. The van der Waals surface area contributed by atoms with Gasteiger partial charge in [0.05, 0.1) is 0 Å². The largest absolute Gasteiger partial charge is 0.334 e. The lowest BCUT2D eigenvalue weighted by Gasteiger charge is -2.12. The first-order valence-corrected chi connectivity index (χ1v) is 10.3. The summed E-state index contributed by atoms with van der Waals surface area (Å²) in [6.07, 6.45) is 2.95. The van der Waals surface area contributed by atoms with Crippen molar-refractivity contribution >= 4 is 11.7 Å². The fourth-order valence-electron chi connectivity index (χ4n) is 3.40. The molecular weight excluding hydrogens is 356 g/mol. The topological polar surface area (TPSA) is 41.1 Å². The zero-order valence-corrected chi connectivity index (χ0v) is 17.3. The molecule has 0 fully saturated rings. The molecule has 0 aliphatic rings. The maximum Gasteiger partial charge on any atom is 0.319 e. The van der Waals surface area contributed by atoms with Gasteiger partial charge in [-0.1, -0.05) is 86.6 Å². The summed E-state index contributed by atoms with van der Waals surface area (Å²) in [4.78, 5) is 12.3. The van der Waals surface area contributed by atoms with Crippen LogP contribution in [0.25, 0.3) is 0 Å². The molecule has 0 heterocycles. The summed E-state index contributed by atoms with van der Waals surface area (Å²) in [5, 5.41) is 5.92. The quantitative estimate of drug-likeness (QED) is 0.490. The molecule has 2 amide bonds. The molecule has 3 aromatic carbocycles. The number of aryl methyl sites for hydroxylation is 2. The molecule has 0 atom stereocenters. The zero-order chi connectivity index (χ0) is 20.5. The summed E-state index contributed by atoms with van der Waals surface area (Å²) in [7, 11) is 0. The lowest BCUT2D eigenvalue weighted by Crippen LogP contribution is -2.28. The van der Waals surface area contributed by atoms with Crippen molar-refractivity contribution in [2.24, 2.45) is 5.92 Å². The second-order valence-electron chi connectivity index (χ2n) is 7.86. The molecule has 150 valence electrons. The number of urea groups is 1. The Bertz CT molecular complexity index is 902. The highest BCUT2D eigenvalue weighted by Crippen LogP contribution is 2.18. The van der Waals surface area contributed by atoms with E-state index in [1.54, 1.807) is 0 Å². The average molecular weight is 387 g/mol. The predicted octanol–water partition coefficient (Wildman–Crippen LogP) is 5.99. The molecular formula is C26H30N2O. The third-order valence-corrected chi connectivity index (χ3v) is 4.91. The Balaban J connectivity index is 1.55. The molecule has 0 aromatic heterocycles. The lowest BCUT2D eigenvalue weighted by atomic mass is 9.99. The third kappa shape index (κ3) is 6.79. The van der Waals surface area contributed by atoms with Crippen LogP contribution in [0.1, 0.15) is 36.1 Å². The van der Waals surface area contributed by atoms with E-state index in [0.29, 0.717) is 12.5 Å². The lowest BCUT2D eigenvalue weighted by molar-refractivity contribution is 0.251. The van der Waals surface area contributed by atoms with Gasteiger partial charge < -0.3 is 10.6 Å². The number of rotatable bonds is 8. The van der Waals surface area contributed by atoms with Gasteiger partial charge in [-0.15, -0.1) is 0 Å². The minimum absolute atomic E-state index is 0.181. The van der Waals surface area contributed by atoms with E-state index in [1.807, 2.05) is 48.5 Å². The van der Waals surface area contributed by atoms with Crippen molar-refractivity contribution in [3.63, 3.8) is 0 Å². The molecule has 0 radical (unpaired) electrons. The van der Waals surface area contributed by atoms with Gasteiger partial charge in [-0.2, -0.15) is 0 Å². The fraction of sp³-hybridized carbons (Fsp3) is 0.269. The Labute approximate surface area is 174 Å². The molecule has 3 rings (SSSR count). The van der Waals surface area contributed by atoms with Crippen molar-refractivity contribution in [3.05, 3.63) is 101 Å². The number of carbonyl (C=O) groups is 1. The van der Waals surface area contributed by atoms with Gasteiger partial charge in [0.2, 0.25) is 0 Å². The Kier molecular flexibility index (Phi) is 7.46. The molecule has 0 spiro atoms. The normalized spacial score (nSPS) is 10.7. The molecule has 2 N–H and O–H groups in total. The first kappa shape index (κ1) is 20.7. The second kappa shape index (κ2) is 10.5. The van der Waals surface area contributed by atoms with Crippen molar-refractivity contribution in [2.45, 2.75) is 39.7 Å². The highest BCUT2D eigenvalue weighted by atomic mass is 16.2. The maximum absolute atomic E-state index is 12.3. The first-order valence-electron chi connectivity index (χ1n) is 10.3. The van der Waals surface area contributed by atoms with Crippen molar-refractivity contribution < 1.29 is 4.79 Å². The van der Waals surface area contributed by atoms with Crippen LogP contribution < -0.4 is 10.6 Å². The Morgan fingerprint density at radius 3 is 2.14 bits per heavy atom. The molecule has 3 nitrogen and oxygen atoms in total. The van der Waals surface area contributed by atoms with Gasteiger partial charge in [-0.3, -0.25) is 0 Å². The highest BCUT2D eigenvalue weighted by molar-refractivity contribution is 5.90. The van der Waals surface area contributed by atoms with E-state index in [4.69, 9.17) is 0 Å². The molecule has 3 heteroatoms. The number of amides is 2. The third-order valence-electron chi connectivity index (χ3n) is 4.91. The Morgan fingerprint density at radius 2 is 1.41 bits per heavy atom. The number of benzene rings is 3. The minimum Gasteiger partial charge on any atom is -0.334 e. The van der Waals surface area contributed by atoms with Crippen molar-refractivity contribution in [3.8, 4) is 0 Å². The van der Waals surface area contributed by atoms with Crippen molar-refractivity contribution in [1.29, 1.82) is 0 Å². The number of carbonyl (C=O) groups excluding carboxylic acids is 1. The van der Waals surface area contributed by atoms with Crippen LogP contribution in [0.4, 0.5) is 10.5 Å². The minimum atomic E-state index is -0.181. The number of nitrogens with one attached hydrogen (secondary N) is 2. The number of hydrogen-bond acceptors (Lipinski definition) is 1. The van der Waals surface area contributed by atoms with Crippen LogP contribution in [0.2, 0.25) is 0 Å². The van der Waals surface area contributed by atoms with Gasteiger partial charge in [-0.05, 0) is 53.5 Å². The van der Waals surface area contributed by atoms with Crippen molar-refractivity contribution in [2.75, 3.05) is 5.32 Å². The Hall–Kier alpha value is -3.07. The van der Waals surface area contributed by atoms with E-state index in [9.17, 15) is 4.79 Å². The fourth-order valence-corrected chi connectivity index (χ4v) is 3.40. The summed E-state index contributed by atoms with van der Waals surface area (Å²) in [6.45, 7) is 5.00. The standard InChI is InChI=1S/C26H30N2O/c1-20(2)18-22-14-12-21(13-15-22)16-17-24-10-6-7-11-25(24)28-26(29)27-19-23-8-4-3-5-9-23/h3-15,20H,16-19H2,1-2H3,(H2,27,28,29). The summed E-state index contributed by atoms with van der Waals surface area (Å²) < 4.78 is 0. The van der Waals surface area contributed by atoms with Crippen LogP contribution in [0.15, 0.2) is 78.9 Å². The molecule has 0 unspecified atom stereocenters. The molecule has 0 aliphatic heterocycles. The van der Waals surface area contributed by atoms with E-state index in [1.165, 1.54) is 11.1 Å². The average Bonchev–Trinajstić information content (AvgIpc) is 2.73. The SMILES string of the molecule is CC(C)Cc1ccc(CCc2ccccc2NC(=O)NCc2ccccc2)cc1. The monoisotopic (exact) mass is 386 g/mol. The smallest absolute Gasteiger partial charge is 0.319 e. The van der Waals surface area contributed by atoms with Crippen LogP contribution >= 0.6 is 0 Å². The van der Waals surface area contributed by atoms with E-state index in [-0.39, 0.29) is 6.03 Å². The van der Waals surface area contributed by atoms with Gasteiger partial charge in [0.15, 0.2) is 0 Å². The van der Waals surface area contributed by atoms with Crippen LogP contribution in [0.3, 0.4) is 0 Å². The summed E-state index contributed by atoms with van der Waals surface area (Å²) in [5.74, 6) is 0.673. The zero-order valence-electron chi connectivity index (χ0n) is 17.3. The number of hydrogen-bond donors (Lipinski definition) is 2. The van der Waals surface area contributed by atoms with Crippen LogP contribution in [0.5, 0.6) is 0 Å². The van der Waals surface area contributed by atoms with Gasteiger partial charge in [0, 0.05) is 12.2 Å². The van der Waals surface area contributed by atoms with Gasteiger partial charge in [0.1, 0.15) is 0 Å². The molecule has 3 aromatic rings. The maximum atomic E-state index is 12.3. The van der Waals surface area contributed by atoms with Crippen molar-refractivity contribution in [1.82, 2.24) is 5.32 Å². The van der Waals surface area contributed by atoms with Crippen LogP contribution in [-0.2, 0) is 25.8 Å². The molecule has 29 heavy (non-hydrogen) atoms. The van der Waals surface area contributed by atoms with Gasteiger partial charge >= 0.3 is 6.03 Å². The van der Waals surface area contributed by atoms with E-state index in [0.717, 1.165) is 36.1 Å². The van der Waals surface area contributed by atoms with E-state index < -0.39 is 0 Å². The molecule has 0 aliphatic carbocycles. The van der Waals surface area contributed by atoms with Gasteiger partial charge in [0.25, 0.3) is 0 Å². The second-order valence-corrected chi connectivity index (χ2v) is 7.86. The molecule has 0 saturated heterocycles. The first-order chi connectivity index (χ1) is 14.1.